The van der Waals surface area contributed by atoms with E-state index in [0.29, 0.717) is 32.4 Å². The summed E-state index contributed by atoms with van der Waals surface area (Å²) in [5, 5.41) is 0.633. The Kier molecular flexibility index (Phi) is 9.52. The maximum absolute atomic E-state index is 13.2. The van der Waals surface area contributed by atoms with Crippen molar-refractivity contribution in [1.82, 2.24) is 4.98 Å². The molecule has 198 valence electrons. The molecule has 1 aromatic heterocycles. The summed E-state index contributed by atoms with van der Waals surface area (Å²) < 4.78 is 53.5. The predicted octanol–water partition coefficient (Wildman–Crippen LogP) is 5.18. The number of aromatic nitrogens is 1. The molecule has 0 aliphatic heterocycles. The van der Waals surface area contributed by atoms with Crippen LogP contribution in [0.1, 0.15) is 31.0 Å². The van der Waals surface area contributed by atoms with Gasteiger partial charge in [-0.2, -0.15) is 0 Å². The summed E-state index contributed by atoms with van der Waals surface area (Å²) in [7, 11) is -5.27. The molecule has 0 radical (unpaired) electrons. The zero-order chi connectivity index (χ0) is 27.4. The van der Waals surface area contributed by atoms with Gasteiger partial charge in [0.25, 0.3) is 0 Å². The Morgan fingerprint density at radius 2 is 1.43 bits per heavy atom. The van der Waals surface area contributed by atoms with Crippen molar-refractivity contribution in [3.8, 4) is 11.1 Å². The van der Waals surface area contributed by atoms with Gasteiger partial charge in [0.05, 0.1) is 49.6 Å². The fourth-order valence-corrected chi connectivity index (χ4v) is 6.24. The number of pyridine rings is 1. The van der Waals surface area contributed by atoms with Gasteiger partial charge >= 0.3 is 0 Å². The van der Waals surface area contributed by atoms with Crippen molar-refractivity contribution < 1.29 is 26.4 Å². The molecule has 1 atom stereocenters. The monoisotopic (exact) mass is 583 g/mol. The Morgan fingerprint density at radius 3 is 1.92 bits per heavy atom. The number of rotatable bonds is 11. The third kappa shape index (κ3) is 6.78. The molecule has 0 spiro atoms. The minimum absolute atomic E-state index is 0.00183. The number of nitrogens with zero attached hydrogens (tertiary/aromatic N) is 1. The van der Waals surface area contributed by atoms with Crippen molar-refractivity contribution in [3.63, 3.8) is 0 Å². The summed E-state index contributed by atoms with van der Waals surface area (Å²) >= 11 is 13.1. The van der Waals surface area contributed by atoms with Crippen LogP contribution < -0.4 is 0 Å². The minimum atomic E-state index is -3.41. The Hall–Kier alpha value is -2.30. The van der Waals surface area contributed by atoms with Crippen molar-refractivity contribution in [3.05, 3.63) is 76.0 Å². The summed E-state index contributed by atoms with van der Waals surface area (Å²) in [5.74, 6) is -0.963. The van der Waals surface area contributed by atoms with Crippen molar-refractivity contribution in [2.75, 3.05) is 25.2 Å². The van der Waals surface area contributed by atoms with Crippen LogP contribution in [0.25, 0.3) is 11.1 Å². The lowest BCUT2D eigenvalue weighted by atomic mass is 9.94. The third-order valence-electron chi connectivity index (χ3n) is 5.94. The zero-order valence-corrected chi connectivity index (χ0v) is 23.7. The number of ether oxygens (including phenoxy) is 1. The van der Waals surface area contributed by atoms with Crippen LogP contribution in [0.15, 0.2) is 64.5 Å². The highest BCUT2D eigenvalue weighted by Crippen LogP contribution is 2.37. The van der Waals surface area contributed by atoms with Crippen LogP contribution >= 0.6 is 23.2 Å². The molecule has 1 unspecified atom stereocenters. The summed E-state index contributed by atoms with van der Waals surface area (Å²) in [6.07, 6.45) is 1.25. The summed E-state index contributed by atoms with van der Waals surface area (Å²) in [6, 6.07) is 12.6. The van der Waals surface area contributed by atoms with Crippen molar-refractivity contribution in [2.24, 2.45) is 0 Å². The van der Waals surface area contributed by atoms with Crippen LogP contribution in [0.2, 0.25) is 10.0 Å². The number of ketones is 1. The number of carbonyl (C=O) groups excluding carboxylic acids is 1. The smallest absolute Gasteiger partial charge is 0.179 e. The highest BCUT2D eigenvalue weighted by molar-refractivity contribution is 7.91. The molecule has 0 amide bonds. The molecule has 0 aliphatic rings. The molecule has 0 fully saturated rings. The quantitative estimate of drug-likeness (QED) is 0.306. The number of carbonyl (C=O) groups is 1. The molecular weight excluding hydrogens is 557 g/mol. The normalized spacial score (nSPS) is 12.9. The third-order valence-corrected chi connectivity index (χ3v) is 10.0. The van der Waals surface area contributed by atoms with E-state index in [1.54, 1.807) is 38.1 Å². The molecule has 0 saturated heterocycles. The van der Waals surface area contributed by atoms with Crippen LogP contribution in [0.5, 0.6) is 0 Å². The highest BCUT2D eigenvalue weighted by atomic mass is 35.5. The lowest BCUT2D eigenvalue weighted by Gasteiger charge is -2.16. The van der Waals surface area contributed by atoms with Gasteiger partial charge in [0.1, 0.15) is 5.78 Å². The van der Waals surface area contributed by atoms with E-state index in [2.05, 4.69) is 4.98 Å². The average Bonchev–Trinajstić information content (AvgIpc) is 2.87. The van der Waals surface area contributed by atoms with E-state index in [0.717, 1.165) is 0 Å². The Balaban J connectivity index is 1.86. The molecule has 11 heteroatoms. The second-order valence-electron chi connectivity index (χ2n) is 8.34. The van der Waals surface area contributed by atoms with Gasteiger partial charge in [0.15, 0.2) is 19.7 Å². The molecule has 0 N–H and O–H groups in total. The number of methoxy groups -OCH3 is 1. The summed E-state index contributed by atoms with van der Waals surface area (Å²) in [4.78, 5) is 17.7. The van der Waals surface area contributed by atoms with Gasteiger partial charge < -0.3 is 4.74 Å². The molecule has 3 aromatic rings. The molecule has 0 aliphatic carbocycles. The lowest BCUT2D eigenvalue weighted by Crippen LogP contribution is -2.21. The van der Waals surface area contributed by atoms with Crippen LogP contribution in [0.3, 0.4) is 0 Å². The molecule has 7 nitrogen and oxygen atoms in total. The number of hydrogen-bond donors (Lipinski definition) is 0. The van der Waals surface area contributed by atoms with E-state index in [1.165, 1.54) is 37.6 Å². The van der Waals surface area contributed by atoms with Crippen molar-refractivity contribution in [1.29, 1.82) is 0 Å². The summed E-state index contributed by atoms with van der Waals surface area (Å²) in [5.41, 5.74) is 2.16. The largest absolute Gasteiger partial charge is 0.384 e. The van der Waals surface area contributed by atoms with Gasteiger partial charge in [0.2, 0.25) is 0 Å². The molecule has 3 rings (SSSR count). The maximum atomic E-state index is 13.2. The minimum Gasteiger partial charge on any atom is -0.384 e. The van der Waals surface area contributed by atoms with E-state index in [4.69, 9.17) is 27.9 Å². The Bertz CT molecular complexity index is 1460. The zero-order valence-electron chi connectivity index (χ0n) is 20.6. The highest BCUT2D eigenvalue weighted by Gasteiger charge is 2.24. The molecule has 37 heavy (non-hydrogen) atoms. The van der Waals surface area contributed by atoms with Crippen molar-refractivity contribution >= 4 is 48.7 Å². The Labute approximate surface area is 227 Å². The molecule has 1 heterocycles. The second-order valence-corrected chi connectivity index (χ2v) is 13.7. The van der Waals surface area contributed by atoms with E-state index in [-0.39, 0.29) is 40.1 Å². The van der Waals surface area contributed by atoms with Crippen LogP contribution in [0, 0.1) is 0 Å². The SMILES string of the molecule is CCS(=O)(=O)c1ccc(-c2c(Cl)cc(CC(=O)C(COC)c3ccc(S(=O)(=O)CC)cn3)cc2Cl)cc1. The first kappa shape index (κ1) is 29.3. The van der Waals surface area contributed by atoms with E-state index >= 15 is 0 Å². The van der Waals surface area contributed by atoms with E-state index in [1.807, 2.05) is 0 Å². The van der Waals surface area contributed by atoms with Gasteiger partial charge in [-0.25, -0.2) is 16.8 Å². The Morgan fingerprint density at radius 1 is 0.892 bits per heavy atom. The van der Waals surface area contributed by atoms with Gasteiger partial charge in [-0.3, -0.25) is 9.78 Å². The van der Waals surface area contributed by atoms with E-state index in [9.17, 15) is 21.6 Å². The second kappa shape index (κ2) is 12.0. The number of hydrogen-bond acceptors (Lipinski definition) is 7. The first-order valence-electron chi connectivity index (χ1n) is 11.4. The average molecular weight is 585 g/mol. The molecule has 2 aromatic carbocycles. The standard InChI is InChI=1S/C26H27Cl2NO6S2/c1-4-36(31,32)19-8-6-18(7-9-19)26-22(27)12-17(13-23(26)28)14-25(30)21(16-35-3)24-11-10-20(15-29-24)37(33,34)5-2/h6-13,15,21H,4-5,14,16H2,1-3H3. The first-order chi connectivity index (χ1) is 17.4. The number of sulfone groups is 2. The number of benzene rings is 2. The van der Waals surface area contributed by atoms with Gasteiger partial charge in [0, 0.05) is 25.3 Å². The van der Waals surface area contributed by atoms with E-state index < -0.39 is 25.6 Å². The fourth-order valence-electron chi connectivity index (χ4n) is 3.78. The predicted molar refractivity (Wildman–Crippen MR) is 145 cm³/mol. The topological polar surface area (TPSA) is 107 Å². The molecule has 0 saturated carbocycles. The number of halogens is 2. The fraction of sp³-hybridized carbons (Fsp3) is 0.308. The lowest BCUT2D eigenvalue weighted by molar-refractivity contribution is -0.121. The van der Waals surface area contributed by atoms with Crippen LogP contribution in [-0.4, -0.2) is 52.8 Å². The van der Waals surface area contributed by atoms with Crippen LogP contribution in [0.4, 0.5) is 0 Å². The number of Topliss-reactive ketones (excluding diaryl/α,β-unsaturated/α-hetero) is 1. The first-order valence-corrected chi connectivity index (χ1v) is 15.5. The van der Waals surface area contributed by atoms with Crippen LogP contribution in [-0.2, 0) is 35.6 Å². The molecular formula is C26H27Cl2NO6S2. The maximum Gasteiger partial charge on any atom is 0.179 e. The van der Waals surface area contributed by atoms with Crippen molar-refractivity contribution in [2.45, 2.75) is 36.0 Å². The van der Waals surface area contributed by atoms with Gasteiger partial charge in [-0.05, 0) is 47.5 Å². The van der Waals surface area contributed by atoms with Gasteiger partial charge in [-0.15, -0.1) is 0 Å². The molecule has 0 bridgehead atoms. The van der Waals surface area contributed by atoms with Gasteiger partial charge in [-0.1, -0.05) is 49.2 Å². The summed E-state index contributed by atoms with van der Waals surface area (Å²) in [6.45, 7) is 3.20.